The molecule has 1 atom stereocenters. The molecule has 1 amide bonds. The maximum absolute atomic E-state index is 11.8. The van der Waals surface area contributed by atoms with Crippen molar-refractivity contribution in [2.24, 2.45) is 16.7 Å². The molecule has 0 bridgehead atoms. The lowest BCUT2D eigenvalue weighted by Crippen LogP contribution is -2.37. The molecule has 0 aromatic heterocycles. The summed E-state index contributed by atoms with van der Waals surface area (Å²) < 4.78 is 0. The molecule has 0 aliphatic carbocycles. The third-order valence-corrected chi connectivity index (χ3v) is 3.39. The van der Waals surface area contributed by atoms with Crippen LogP contribution >= 0.6 is 0 Å². The van der Waals surface area contributed by atoms with Crippen LogP contribution in [-0.2, 0) is 9.59 Å². The van der Waals surface area contributed by atoms with Crippen LogP contribution in [0.15, 0.2) is 0 Å². The molecule has 0 spiro atoms. The van der Waals surface area contributed by atoms with E-state index in [1.165, 1.54) is 0 Å². The van der Waals surface area contributed by atoms with E-state index in [0.29, 0.717) is 18.9 Å². The molecule has 0 rings (SSSR count). The van der Waals surface area contributed by atoms with Gasteiger partial charge in [-0.25, -0.2) is 0 Å². The highest BCUT2D eigenvalue weighted by Gasteiger charge is 2.26. The molecular weight excluding hydrogens is 242 g/mol. The van der Waals surface area contributed by atoms with Crippen LogP contribution in [0.5, 0.6) is 0 Å². The fraction of sp³-hybridized carbons (Fsp3) is 0.867. The minimum absolute atomic E-state index is 0.0402. The van der Waals surface area contributed by atoms with Gasteiger partial charge in [-0.3, -0.25) is 9.59 Å². The van der Waals surface area contributed by atoms with Crippen LogP contribution < -0.4 is 5.32 Å². The second-order valence-electron chi connectivity index (χ2n) is 7.29. The number of aliphatic carboxylic acids is 1. The van der Waals surface area contributed by atoms with Crippen molar-refractivity contribution in [3.05, 3.63) is 0 Å². The minimum Gasteiger partial charge on any atom is -0.481 e. The van der Waals surface area contributed by atoms with Crippen molar-refractivity contribution in [3.8, 4) is 0 Å². The van der Waals surface area contributed by atoms with E-state index in [2.05, 4.69) is 26.1 Å². The fourth-order valence-electron chi connectivity index (χ4n) is 1.93. The maximum Gasteiger partial charge on any atom is 0.303 e. The summed E-state index contributed by atoms with van der Waals surface area (Å²) in [7, 11) is 0. The molecule has 4 nitrogen and oxygen atoms in total. The second kappa shape index (κ2) is 6.92. The largest absolute Gasteiger partial charge is 0.481 e. The summed E-state index contributed by atoms with van der Waals surface area (Å²) in [5.74, 6) is -0.421. The number of hydrogen-bond donors (Lipinski definition) is 2. The summed E-state index contributed by atoms with van der Waals surface area (Å²) in [6.07, 6.45) is 1.66. The van der Waals surface area contributed by atoms with Crippen LogP contribution in [0.3, 0.4) is 0 Å². The number of hydrogen-bond acceptors (Lipinski definition) is 2. The molecule has 4 heteroatoms. The number of carboxylic acids is 1. The van der Waals surface area contributed by atoms with Gasteiger partial charge in [0.05, 0.1) is 0 Å². The van der Waals surface area contributed by atoms with Crippen molar-refractivity contribution in [2.75, 3.05) is 6.54 Å². The van der Waals surface area contributed by atoms with E-state index in [1.54, 1.807) is 0 Å². The van der Waals surface area contributed by atoms with Crippen LogP contribution in [0.25, 0.3) is 0 Å². The lowest BCUT2D eigenvalue weighted by molar-refractivity contribution is -0.137. The number of amides is 1. The number of nitrogens with one attached hydrogen (secondary N) is 1. The average Bonchev–Trinajstić information content (AvgIpc) is 2.18. The van der Waals surface area contributed by atoms with E-state index < -0.39 is 5.97 Å². The van der Waals surface area contributed by atoms with Crippen molar-refractivity contribution in [2.45, 2.75) is 60.8 Å². The van der Waals surface area contributed by atoms with E-state index in [-0.39, 0.29) is 23.2 Å². The van der Waals surface area contributed by atoms with Gasteiger partial charge in [0.25, 0.3) is 0 Å². The molecule has 0 aliphatic heterocycles. The summed E-state index contributed by atoms with van der Waals surface area (Å²) in [6.45, 7) is 12.6. The Kier molecular flexibility index (Phi) is 6.53. The normalized spacial score (nSPS) is 14.0. The van der Waals surface area contributed by atoms with Crippen LogP contribution in [0.1, 0.15) is 60.8 Å². The number of carbonyl (C=O) groups is 2. The van der Waals surface area contributed by atoms with Gasteiger partial charge in [-0.1, -0.05) is 41.5 Å². The van der Waals surface area contributed by atoms with Crippen LogP contribution in [0.2, 0.25) is 0 Å². The molecule has 0 fully saturated rings. The first kappa shape index (κ1) is 17.9. The predicted octanol–water partition coefficient (Wildman–Crippen LogP) is 3.07. The molecule has 2 N–H and O–H groups in total. The van der Waals surface area contributed by atoms with E-state index >= 15 is 0 Å². The molecule has 0 aliphatic rings. The zero-order valence-corrected chi connectivity index (χ0v) is 13.2. The van der Waals surface area contributed by atoms with Gasteiger partial charge >= 0.3 is 5.97 Å². The Morgan fingerprint density at radius 2 is 1.58 bits per heavy atom. The monoisotopic (exact) mass is 271 g/mol. The van der Waals surface area contributed by atoms with Crippen molar-refractivity contribution in [3.63, 3.8) is 0 Å². The first-order valence-electron chi connectivity index (χ1n) is 6.94. The van der Waals surface area contributed by atoms with Gasteiger partial charge in [-0.05, 0) is 24.2 Å². The van der Waals surface area contributed by atoms with Gasteiger partial charge in [0, 0.05) is 18.4 Å². The Bertz CT molecular complexity index is 310. The zero-order chi connectivity index (χ0) is 15.3. The standard InChI is InChI=1S/C15H29NO3/c1-14(2,3)11(7-8-12(17)18)9-10-16-13(19)15(4,5)6/h11H,7-10H2,1-6H3,(H,16,19)(H,17,18). The third kappa shape index (κ3) is 7.85. The molecule has 112 valence electrons. The Labute approximate surface area is 117 Å². The molecule has 0 radical (unpaired) electrons. The average molecular weight is 271 g/mol. The lowest BCUT2D eigenvalue weighted by Gasteiger charge is -2.31. The van der Waals surface area contributed by atoms with E-state index in [1.807, 2.05) is 20.8 Å². The van der Waals surface area contributed by atoms with Crippen LogP contribution in [0.4, 0.5) is 0 Å². The van der Waals surface area contributed by atoms with Crippen molar-refractivity contribution in [1.29, 1.82) is 0 Å². The SMILES string of the molecule is CC(C)(C)C(=O)NCCC(CCC(=O)O)C(C)(C)C. The first-order valence-corrected chi connectivity index (χ1v) is 6.94. The van der Waals surface area contributed by atoms with Gasteiger partial charge in [0.1, 0.15) is 0 Å². The highest BCUT2D eigenvalue weighted by molar-refractivity contribution is 5.81. The minimum atomic E-state index is -0.757. The quantitative estimate of drug-likeness (QED) is 0.780. The Morgan fingerprint density at radius 1 is 1.05 bits per heavy atom. The molecular formula is C15H29NO3. The lowest BCUT2D eigenvalue weighted by atomic mass is 9.76. The smallest absolute Gasteiger partial charge is 0.303 e. The molecule has 19 heavy (non-hydrogen) atoms. The van der Waals surface area contributed by atoms with E-state index in [4.69, 9.17) is 5.11 Å². The number of carboxylic acid groups (broad SMARTS) is 1. The zero-order valence-electron chi connectivity index (χ0n) is 13.2. The third-order valence-electron chi connectivity index (χ3n) is 3.39. The summed E-state index contributed by atoms with van der Waals surface area (Å²) in [5, 5.41) is 11.7. The highest BCUT2D eigenvalue weighted by atomic mass is 16.4. The van der Waals surface area contributed by atoms with Crippen LogP contribution in [0, 0.1) is 16.7 Å². The van der Waals surface area contributed by atoms with Crippen molar-refractivity contribution < 1.29 is 14.7 Å². The molecule has 0 aromatic rings. The van der Waals surface area contributed by atoms with Crippen molar-refractivity contribution >= 4 is 11.9 Å². The van der Waals surface area contributed by atoms with Crippen LogP contribution in [-0.4, -0.2) is 23.5 Å². The van der Waals surface area contributed by atoms with Gasteiger partial charge in [-0.2, -0.15) is 0 Å². The Morgan fingerprint density at radius 3 is 1.95 bits per heavy atom. The Hall–Kier alpha value is -1.06. The van der Waals surface area contributed by atoms with Gasteiger partial charge in [-0.15, -0.1) is 0 Å². The van der Waals surface area contributed by atoms with Crippen molar-refractivity contribution in [1.82, 2.24) is 5.32 Å². The molecule has 0 heterocycles. The molecule has 1 unspecified atom stereocenters. The van der Waals surface area contributed by atoms with Gasteiger partial charge < -0.3 is 10.4 Å². The van der Waals surface area contributed by atoms with E-state index in [9.17, 15) is 9.59 Å². The summed E-state index contributed by atoms with van der Waals surface area (Å²) in [6, 6.07) is 0. The number of carbonyl (C=O) groups excluding carboxylic acids is 1. The predicted molar refractivity (Wildman–Crippen MR) is 76.9 cm³/mol. The molecule has 0 saturated heterocycles. The van der Waals surface area contributed by atoms with E-state index in [0.717, 1.165) is 6.42 Å². The van der Waals surface area contributed by atoms with Gasteiger partial charge in [0.2, 0.25) is 5.91 Å². The van der Waals surface area contributed by atoms with Gasteiger partial charge in [0.15, 0.2) is 0 Å². The Balaban J connectivity index is 4.29. The number of rotatable bonds is 6. The molecule has 0 aromatic carbocycles. The summed E-state index contributed by atoms with van der Waals surface area (Å²) in [4.78, 5) is 22.4. The summed E-state index contributed by atoms with van der Waals surface area (Å²) >= 11 is 0. The topological polar surface area (TPSA) is 66.4 Å². The highest BCUT2D eigenvalue weighted by Crippen LogP contribution is 2.32. The maximum atomic E-state index is 11.8. The molecule has 0 saturated carbocycles. The second-order valence-corrected chi connectivity index (χ2v) is 7.29. The summed E-state index contributed by atoms with van der Waals surface area (Å²) in [5.41, 5.74) is -0.319. The first-order chi connectivity index (χ1) is 8.44. The fourth-order valence-corrected chi connectivity index (χ4v) is 1.93.